The molecule has 146 valence electrons. The Hall–Kier alpha value is -2.44. The summed E-state index contributed by atoms with van der Waals surface area (Å²) in [6.45, 7) is 0. The smallest absolute Gasteiger partial charge is 0.549 e. The van der Waals surface area contributed by atoms with E-state index in [9.17, 15) is 19.8 Å². The minimum atomic E-state index is -1.67. The molecule has 8 nitrogen and oxygen atoms in total. The third-order valence-corrected chi connectivity index (χ3v) is 4.33. The van der Waals surface area contributed by atoms with Gasteiger partial charge in [0.15, 0.2) is 0 Å². The first-order valence-corrected chi connectivity index (χ1v) is 7.56. The topological polar surface area (TPSA) is 169 Å². The quantitative estimate of drug-likeness (QED) is 0.261. The van der Waals surface area contributed by atoms with Crippen LogP contribution in [0.3, 0.4) is 0 Å². The molecule has 0 radical (unpaired) electrons. The Bertz CT molecular complexity index is 859. The molecule has 9 heteroatoms. The standard InChI is InChI=1S/C12H8N2.C6H8O4.2H2O.Pd/c1-3-9-5-6-10-4-2-8-14-12(10)11(9)13-7-1;7-4(8)6(5(9)10)2-1-3-6;;;/h1-8H;1-3H2,(H,7,8)(H,9,10);2*1H2;/q;;;;+2/p-2. The number of carbonyl (C=O) groups is 2. The fourth-order valence-corrected chi connectivity index (χ4v) is 2.70. The predicted molar refractivity (Wildman–Crippen MR) is 90.6 cm³/mol. The second-order valence-corrected chi connectivity index (χ2v) is 5.73. The Labute approximate surface area is 168 Å². The number of hydrogen-bond acceptors (Lipinski definition) is 6. The van der Waals surface area contributed by atoms with Crippen molar-refractivity contribution >= 4 is 33.7 Å². The summed E-state index contributed by atoms with van der Waals surface area (Å²) in [4.78, 5) is 29.1. The number of carboxylic acid groups (broad SMARTS) is 2. The van der Waals surface area contributed by atoms with Crippen molar-refractivity contribution in [1.82, 2.24) is 9.97 Å². The molecule has 1 fully saturated rings. The SMILES string of the molecule is O.O.O=C([O-])C1(C(=O)[O-])CCC1.[Pd+2].c1cnc2c(c1)ccc1cccnc12. The number of fused-ring (bicyclic) bond motifs is 3. The average Bonchev–Trinajstić information content (AvgIpc) is 2.53. The van der Waals surface area contributed by atoms with Crippen LogP contribution in [0.15, 0.2) is 48.8 Å². The molecule has 1 aliphatic carbocycles. The van der Waals surface area contributed by atoms with Gasteiger partial charge in [-0.1, -0.05) is 30.7 Å². The third-order valence-electron chi connectivity index (χ3n) is 4.33. The van der Waals surface area contributed by atoms with E-state index in [1.807, 2.05) is 12.1 Å². The zero-order chi connectivity index (χ0) is 17.2. The predicted octanol–water partition coefficient (Wildman–Crippen LogP) is -1.21. The van der Waals surface area contributed by atoms with Crippen molar-refractivity contribution < 1.29 is 51.2 Å². The van der Waals surface area contributed by atoms with Crippen LogP contribution in [-0.2, 0) is 30.0 Å². The first kappa shape index (κ1) is 24.6. The number of carboxylic acids is 2. The molecule has 0 spiro atoms. The van der Waals surface area contributed by atoms with Crippen LogP contribution >= 0.6 is 0 Å². The van der Waals surface area contributed by atoms with Crippen molar-refractivity contribution in [3.8, 4) is 0 Å². The molecule has 3 aromatic rings. The molecule has 0 atom stereocenters. The molecule has 27 heavy (non-hydrogen) atoms. The fourth-order valence-electron chi connectivity index (χ4n) is 2.70. The van der Waals surface area contributed by atoms with Crippen LogP contribution in [0.5, 0.6) is 0 Å². The number of aliphatic carboxylic acids is 2. The first-order chi connectivity index (χ1) is 11.5. The summed E-state index contributed by atoms with van der Waals surface area (Å²) in [6, 6.07) is 12.1. The Morgan fingerprint density at radius 1 is 0.815 bits per heavy atom. The minimum Gasteiger partial charge on any atom is -0.549 e. The fraction of sp³-hybridized carbons (Fsp3) is 0.222. The number of benzene rings is 1. The van der Waals surface area contributed by atoms with Gasteiger partial charge in [-0.15, -0.1) is 0 Å². The monoisotopic (exact) mass is 464 g/mol. The number of pyridine rings is 2. The number of rotatable bonds is 2. The number of nitrogens with zero attached hydrogens (tertiary/aromatic N) is 2. The summed E-state index contributed by atoms with van der Waals surface area (Å²) in [5.41, 5.74) is 0.288. The van der Waals surface area contributed by atoms with Crippen LogP contribution in [-0.4, -0.2) is 32.9 Å². The molecule has 2 aromatic heterocycles. The van der Waals surface area contributed by atoms with E-state index in [1.54, 1.807) is 12.4 Å². The molecule has 1 aliphatic rings. The molecule has 1 saturated carbocycles. The van der Waals surface area contributed by atoms with Gasteiger partial charge in [-0.05, 0) is 25.0 Å². The molecule has 4 rings (SSSR count). The number of carbonyl (C=O) groups excluding carboxylic acids is 2. The number of aromatic nitrogens is 2. The van der Waals surface area contributed by atoms with Crippen LogP contribution in [0.4, 0.5) is 0 Å². The van der Waals surface area contributed by atoms with E-state index in [0.29, 0.717) is 6.42 Å². The zero-order valence-electron chi connectivity index (χ0n) is 14.1. The molecule has 0 bridgehead atoms. The van der Waals surface area contributed by atoms with Crippen LogP contribution in [0.1, 0.15) is 19.3 Å². The molecule has 0 saturated heterocycles. The molecular formula is C18H18N2O6Pd. The Balaban J connectivity index is 0.000000473. The van der Waals surface area contributed by atoms with Crippen molar-refractivity contribution in [2.45, 2.75) is 19.3 Å². The summed E-state index contributed by atoms with van der Waals surface area (Å²) in [6.07, 6.45) is 4.53. The van der Waals surface area contributed by atoms with Crippen LogP contribution < -0.4 is 10.2 Å². The Morgan fingerprint density at radius 2 is 1.22 bits per heavy atom. The second kappa shape index (κ2) is 10.0. The van der Waals surface area contributed by atoms with Crippen molar-refractivity contribution in [1.29, 1.82) is 0 Å². The van der Waals surface area contributed by atoms with E-state index >= 15 is 0 Å². The van der Waals surface area contributed by atoms with Gasteiger partial charge in [0.2, 0.25) is 0 Å². The van der Waals surface area contributed by atoms with Crippen LogP contribution in [0, 0.1) is 5.41 Å². The summed E-state index contributed by atoms with van der Waals surface area (Å²) in [5.74, 6) is -3.03. The molecule has 2 heterocycles. The van der Waals surface area contributed by atoms with Crippen molar-refractivity contribution in [3.05, 3.63) is 48.8 Å². The minimum absolute atomic E-state index is 0. The third kappa shape index (κ3) is 4.65. The van der Waals surface area contributed by atoms with Crippen LogP contribution in [0.25, 0.3) is 21.8 Å². The normalized spacial score (nSPS) is 13.5. The van der Waals surface area contributed by atoms with Gasteiger partial charge in [-0.2, -0.15) is 0 Å². The second-order valence-electron chi connectivity index (χ2n) is 5.73. The molecular weight excluding hydrogens is 447 g/mol. The molecule has 4 N–H and O–H groups in total. The first-order valence-electron chi connectivity index (χ1n) is 7.56. The van der Waals surface area contributed by atoms with Crippen molar-refractivity contribution in [3.63, 3.8) is 0 Å². The molecule has 1 aromatic carbocycles. The maximum atomic E-state index is 10.2. The largest absolute Gasteiger partial charge is 2.00 e. The molecule has 0 amide bonds. The van der Waals surface area contributed by atoms with Gasteiger partial charge in [0.25, 0.3) is 0 Å². The summed E-state index contributed by atoms with van der Waals surface area (Å²) in [5, 5.41) is 22.7. The van der Waals surface area contributed by atoms with E-state index in [-0.39, 0.29) is 44.2 Å². The Morgan fingerprint density at radius 3 is 1.48 bits per heavy atom. The van der Waals surface area contributed by atoms with Crippen molar-refractivity contribution in [2.75, 3.05) is 0 Å². The summed E-state index contributed by atoms with van der Waals surface area (Å²) in [7, 11) is 0. The maximum Gasteiger partial charge on any atom is 2.00 e. The summed E-state index contributed by atoms with van der Waals surface area (Å²) >= 11 is 0. The summed E-state index contributed by atoms with van der Waals surface area (Å²) < 4.78 is 0. The molecule has 0 aliphatic heterocycles. The van der Waals surface area contributed by atoms with E-state index in [0.717, 1.165) is 21.8 Å². The van der Waals surface area contributed by atoms with Crippen LogP contribution in [0.2, 0.25) is 0 Å². The van der Waals surface area contributed by atoms with Gasteiger partial charge in [-0.25, -0.2) is 0 Å². The van der Waals surface area contributed by atoms with E-state index in [2.05, 4.69) is 34.2 Å². The van der Waals surface area contributed by atoms with Gasteiger partial charge in [-0.3, -0.25) is 9.97 Å². The van der Waals surface area contributed by atoms with Gasteiger partial charge in [0.1, 0.15) is 0 Å². The van der Waals surface area contributed by atoms with Gasteiger partial charge < -0.3 is 30.8 Å². The molecule has 0 unspecified atom stereocenters. The maximum absolute atomic E-state index is 10.2. The zero-order valence-corrected chi connectivity index (χ0v) is 15.6. The van der Waals surface area contributed by atoms with Gasteiger partial charge in [0.05, 0.1) is 23.0 Å². The Kier molecular flexibility index (Phi) is 9.13. The van der Waals surface area contributed by atoms with E-state index in [4.69, 9.17) is 0 Å². The van der Waals surface area contributed by atoms with Crippen molar-refractivity contribution in [2.24, 2.45) is 5.41 Å². The number of hydrogen-bond donors (Lipinski definition) is 0. The van der Waals surface area contributed by atoms with Gasteiger partial charge >= 0.3 is 20.4 Å². The van der Waals surface area contributed by atoms with E-state index < -0.39 is 17.4 Å². The van der Waals surface area contributed by atoms with E-state index in [1.165, 1.54) is 0 Å². The average molecular weight is 465 g/mol. The van der Waals surface area contributed by atoms with Gasteiger partial charge in [0, 0.05) is 28.6 Å².